The van der Waals surface area contributed by atoms with Crippen LogP contribution >= 0.6 is 0 Å². The average molecular weight is 302 g/mol. The van der Waals surface area contributed by atoms with Crippen molar-refractivity contribution in [1.82, 2.24) is 0 Å². The Labute approximate surface area is 128 Å². The quantitative estimate of drug-likeness (QED) is 0.410. The van der Waals surface area contributed by atoms with E-state index in [1.54, 1.807) is 0 Å². The van der Waals surface area contributed by atoms with Crippen LogP contribution in [-0.2, 0) is 23.8 Å². The van der Waals surface area contributed by atoms with E-state index in [0.717, 1.165) is 25.7 Å². The third-order valence-electron chi connectivity index (χ3n) is 3.58. The highest BCUT2D eigenvalue weighted by atomic mass is 16.6. The first kappa shape index (κ1) is 19.9. The Kier molecular flexibility index (Phi) is 12.0. The topological polar surface area (TPSA) is 61.8 Å². The zero-order valence-electron chi connectivity index (χ0n) is 13.9. The molecule has 0 unspecified atom stereocenters. The predicted molar refractivity (Wildman–Crippen MR) is 80.9 cm³/mol. The molecule has 0 bridgehead atoms. The van der Waals surface area contributed by atoms with Gasteiger partial charge in [-0.3, -0.25) is 9.59 Å². The maximum atomic E-state index is 11.6. The molecule has 5 heteroatoms. The van der Waals surface area contributed by atoms with Crippen molar-refractivity contribution in [2.24, 2.45) is 11.8 Å². The second kappa shape index (κ2) is 12.6. The lowest BCUT2D eigenvalue weighted by Gasteiger charge is -2.13. The average Bonchev–Trinajstić information content (AvgIpc) is 2.48. The number of carbonyl (C=O) groups is 2. The van der Waals surface area contributed by atoms with E-state index in [2.05, 4.69) is 0 Å². The Morgan fingerprint density at radius 3 is 1.29 bits per heavy atom. The van der Waals surface area contributed by atoms with Crippen LogP contribution < -0.4 is 0 Å². The lowest BCUT2D eigenvalue weighted by atomic mass is 10.0. The molecule has 0 aromatic heterocycles. The molecule has 0 amide bonds. The first-order chi connectivity index (χ1) is 10.1. The molecule has 0 saturated carbocycles. The van der Waals surface area contributed by atoms with Gasteiger partial charge >= 0.3 is 11.9 Å². The second-order valence-electron chi connectivity index (χ2n) is 4.97. The van der Waals surface area contributed by atoms with Gasteiger partial charge in [0.25, 0.3) is 0 Å². The Hall–Kier alpha value is -1.10. The van der Waals surface area contributed by atoms with Crippen molar-refractivity contribution in [2.45, 2.75) is 53.4 Å². The van der Waals surface area contributed by atoms with Gasteiger partial charge in [-0.25, -0.2) is 0 Å². The summed E-state index contributed by atoms with van der Waals surface area (Å²) in [5, 5.41) is 0. The van der Waals surface area contributed by atoms with Gasteiger partial charge < -0.3 is 14.2 Å². The summed E-state index contributed by atoms with van der Waals surface area (Å²) in [7, 11) is 0. The molecule has 124 valence electrons. The fourth-order valence-electron chi connectivity index (χ4n) is 1.98. The van der Waals surface area contributed by atoms with Crippen LogP contribution in [0.5, 0.6) is 0 Å². The largest absolute Gasteiger partial charge is 0.463 e. The first-order valence-corrected chi connectivity index (χ1v) is 8.01. The number of hydrogen-bond donors (Lipinski definition) is 0. The molecule has 0 rings (SSSR count). The summed E-state index contributed by atoms with van der Waals surface area (Å²) in [5.74, 6) is -0.371. The molecule has 21 heavy (non-hydrogen) atoms. The van der Waals surface area contributed by atoms with E-state index in [4.69, 9.17) is 14.2 Å². The zero-order chi connectivity index (χ0) is 16.1. The predicted octanol–water partition coefficient (Wildman–Crippen LogP) is 2.96. The van der Waals surface area contributed by atoms with Crippen molar-refractivity contribution >= 4 is 11.9 Å². The smallest absolute Gasteiger partial charge is 0.308 e. The molecule has 0 spiro atoms. The van der Waals surface area contributed by atoms with Crippen molar-refractivity contribution in [1.29, 1.82) is 0 Å². The summed E-state index contributed by atoms with van der Waals surface area (Å²) in [6.07, 6.45) is 3.18. The molecule has 0 heterocycles. The van der Waals surface area contributed by atoms with Crippen LogP contribution in [0.15, 0.2) is 0 Å². The third-order valence-corrected chi connectivity index (χ3v) is 3.58. The van der Waals surface area contributed by atoms with Crippen LogP contribution in [0.25, 0.3) is 0 Å². The van der Waals surface area contributed by atoms with E-state index in [9.17, 15) is 9.59 Å². The maximum Gasteiger partial charge on any atom is 0.308 e. The molecule has 5 nitrogen and oxygen atoms in total. The minimum absolute atomic E-state index is 0.0222. The summed E-state index contributed by atoms with van der Waals surface area (Å²) in [6.45, 7) is 9.04. The Bertz CT molecular complexity index is 254. The van der Waals surface area contributed by atoms with E-state index in [1.165, 1.54) is 0 Å². The number of rotatable bonds is 12. The summed E-state index contributed by atoms with van der Waals surface area (Å²) < 4.78 is 15.5. The van der Waals surface area contributed by atoms with E-state index < -0.39 is 0 Å². The summed E-state index contributed by atoms with van der Waals surface area (Å²) in [6, 6.07) is 0. The molecule has 0 N–H and O–H groups in total. The van der Waals surface area contributed by atoms with Crippen LogP contribution in [0, 0.1) is 11.8 Å². The van der Waals surface area contributed by atoms with Crippen LogP contribution in [0.4, 0.5) is 0 Å². The van der Waals surface area contributed by atoms with E-state index in [0.29, 0.717) is 13.2 Å². The van der Waals surface area contributed by atoms with Crippen LogP contribution in [0.3, 0.4) is 0 Å². The van der Waals surface area contributed by atoms with Gasteiger partial charge in [-0.1, -0.05) is 27.7 Å². The molecule has 0 aliphatic heterocycles. The highest BCUT2D eigenvalue weighted by Gasteiger charge is 2.16. The standard InChI is InChI=1S/C16H30O5/c1-5-13(6-2)15(17)20-11-9-19-10-12-21-16(18)14(7-3)8-4/h13-14H,5-12H2,1-4H3. The highest BCUT2D eigenvalue weighted by Crippen LogP contribution is 2.10. The molecule has 0 aliphatic rings. The Balaban J connectivity index is 3.57. The number of esters is 2. The molecule has 0 fully saturated rings. The molecule has 0 aromatic rings. The number of hydrogen-bond acceptors (Lipinski definition) is 5. The lowest BCUT2D eigenvalue weighted by molar-refractivity contribution is -0.151. The molecular formula is C16H30O5. The normalized spacial score (nSPS) is 11.0. The van der Waals surface area contributed by atoms with Gasteiger partial charge in [0, 0.05) is 0 Å². The fraction of sp³-hybridized carbons (Fsp3) is 0.875. The van der Waals surface area contributed by atoms with Crippen molar-refractivity contribution < 1.29 is 23.8 Å². The van der Waals surface area contributed by atoms with Crippen molar-refractivity contribution in [2.75, 3.05) is 26.4 Å². The van der Waals surface area contributed by atoms with Crippen LogP contribution in [-0.4, -0.2) is 38.4 Å². The van der Waals surface area contributed by atoms with Gasteiger partial charge in [0.1, 0.15) is 13.2 Å². The van der Waals surface area contributed by atoms with Crippen molar-refractivity contribution in [3.05, 3.63) is 0 Å². The molecule has 0 aliphatic carbocycles. The van der Waals surface area contributed by atoms with E-state index in [-0.39, 0.29) is 37.0 Å². The SMILES string of the molecule is CCC(CC)C(=O)OCCOCCOC(=O)C(CC)CC. The molecular weight excluding hydrogens is 272 g/mol. The van der Waals surface area contributed by atoms with Crippen LogP contribution in [0.1, 0.15) is 53.4 Å². The summed E-state index contributed by atoms with van der Waals surface area (Å²) in [4.78, 5) is 23.2. The highest BCUT2D eigenvalue weighted by molar-refractivity contribution is 5.72. The molecule has 0 atom stereocenters. The van der Waals surface area contributed by atoms with Crippen molar-refractivity contribution in [3.8, 4) is 0 Å². The van der Waals surface area contributed by atoms with E-state index >= 15 is 0 Å². The van der Waals surface area contributed by atoms with Gasteiger partial charge in [0.2, 0.25) is 0 Å². The minimum atomic E-state index is -0.163. The zero-order valence-corrected chi connectivity index (χ0v) is 13.9. The molecule has 0 radical (unpaired) electrons. The van der Waals surface area contributed by atoms with Gasteiger partial charge in [-0.05, 0) is 25.7 Å². The monoisotopic (exact) mass is 302 g/mol. The number of carbonyl (C=O) groups excluding carboxylic acids is 2. The van der Waals surface area contributed by atoms with Crippen molar-refractivity contribution in [3.63, 3.8) is 0 Å². The summed E-state index contributed by atoms with van der Waals surface area (Å²) >= 11 is 0. The Morgan fingerprint density at radius 2 is 1.00 bits per heavy atom. The van der Waals surface area contributed by atoms with Crippen LogP contribution in [0.2, 0.25) is 0 Å². The number of ether oxygens (including phenoxy) is 3. The van der Waals surface area contributed by atoms with Gasteiger partial charge in [-0.2, -0.15) is 0 Å². The second-order valence-corrected chi connectivity index (χ2v) is 4.97. The fourth-order valence-corrected chi connectivity index (χ4v) is 1.98. The molecule has 0 saturated heterocycles. The third kappa shape index (κ3) is 8.71. The van der Waals surface area contributed by atoms with Gasteiger partial charge in [-0.15, -0.1) is 0 Å². The lowest BCUT2D eigenvalue weighted by Crippen LogP contribution is -2.21. The van der Waals surface area contributed by atoms with E-state index in [1.807, 2.05) is 27.7 Å². The molecule has 0 aromatic carbocycles. The maximum absolute atomic E-state index is 11.6. The Morgan fingerprint density at radius 1 is 0.667 bits per heavy atom. The summed E-state index contributed by atoms with van der Waals surface area (Å²) in [5.41, 5.74) is 0. The van der Waals surface area contributed by atoms with Gasteiger partial charge in [0.05, 0.1) is 25.0 Å². The first-order valence-electron chi connectivity index (χ1n) is 8.01. The van der Waals surface area contributed by atoms with Gasteiger partial charge in [0.15, 0.2) is 0 Å². The minimum Gasteiger partial charge on any atom is -0.463 e.